The second-order valence-electron chi connectivity index (χ2n) is 5.42. The summed E-state index contributed by atoms with van der Waals surface area (Å²) in [7, 11) is 0. The van der Waals surface area contributed by atoms with Crippen molar-refractivity contribution >= 4 is 0 Å². The average Bonchev–Trinajstić information content (AvgIpc) is 2.37. The molecule has 0 N–H and O–H groups in total. The van der Waals surface area contributed by atoms with E-state index in [4.69, 9.17) is 4.74 Å². The van der Waals surface area contributed by atoms with Gasteiger partial charge in [0.25, 0.3) is 0 Å². The SMILES string of the molecule is CC(C)(C)c1ccccc1COc1[c]cccc1. The minimum atomic E-state index is 0.139. The zero-order valence-corrected chi connectivity index (χ0v) is 11.2. The summed E-state index contributed by atoms with van der Waals surface area (Å²) in [4.78, 5) is 0. The molecule has 0 aromatic heterocycles. The maximum atomic E-state index is 5.77. The van der Waals surface area contributed by atoms with Crippen molar-refractivity contribution in [3.8, 4) is 5.75 Å². The Hall–Kier alpha value is -1.76. The van der Waals surface area contributed by atoms with Gasteiger partial charge >= 0.3 is 0 Å². The third-order valence-electron chi connectivity index (χ3n) is 2.89. The van der Waals surface area contributed by atoms with Crippen molar-refractivity contribution in [1.29, 1.82) is 0 Å². The van der Waals surface area contributed by atoms with Crippen LogP contribution in [0.3, 0.4) is 0 Å². The standard InChI is InChI=1S/C17H19O/c1-17(2,3)16-12-8-7-9-14(16)13-18-15-10-5-4-6-11-15/h4-10,12H,13H2,1-3H3. The van der Waals surface area contributed by atoms with Gasteiger partial charge in [-0.1, -0.05) is 63.2 Å². The van der Waals surface area contributed by atoms with E-state index in [1.165, 1.54) is 11.1 Å². The molecule has 1 heteroatoms. The van der Waals surface area contributed by atoms with Gasteiger partial charge in [-0.2, -0.15) is 0 Å². The Balaban J connectivity index is 2.15. The zero-order chi connectivity index (χ0) is 13.0. The maximum Gasteiger partial charge on any atom is 0.127 e. The molecule has 0 saturated heterocycles. The Bertz CT molecular complexity index is 495. The molecule has 0 aliphatic rings. The van der Waals surface area contributed by atoms with Crippen molar-refractivity contribution in [2.24, 2.45) is 0 Å². The number of benzene rings is 2. The number of ether oxygens (including phenoxy) is 1. The zero-order valence-electron chi connectivity index (χ0n) is 11.2. The smallest absolute Gasteiger partial charge is 0.127 e. The summed E-state index contributed by atoms with van der Waals surface area (Å²) in [5.41, 5.74) is 2.71. The largest absolute Gasteiger partial charge is 0.488 e. The lowest BCUT2D eigenvalue weighted by Crippen LogP contribution is -2.15. The molecule has 0 bridgehead atoms. The van der Waals surface area contributed by atoms with E-state index in [0.717, 1.165) is 5.75 Å². The lowest BCUT2D eigenvalue weighted by Gasteiger charge is -2.22. The molecule has 0 saturated carbocycles. The van der Waals surface area contributed by atoms with E-state index >= 15 is 0 Å². The molecule has 1 nitrogen and oxygen atoms in total. The van der Waals surface area contributed by atoms with E-state index in [0.29, 0.717) is 6.61 Å². The first-order valence-electron chi connectivity index (χ1n) is 6.25. The molecule has 0 unspecified atom stereocenters. The molecule has 0 spiro atoms. The molecule has 0 aliphatic carbocycles. The van der Waals surface area contributed by atoms with Gasteiger partial charge in [-0.3, -0.25) is 0 Å². The first-order chi connectivity index (χ1) is 8.57. The van der Waals surface area contributed by atoms with E-state index in [9.17, 15) is 0 Å². The Morgan fingerprint density at radius 2 is 1.72 bits per heavy atom. The molecule has 2 rings (SSSR count). The Morgan fingerprint density at radius 3 is 2.39 bits per heavy atom. The molecule has 2 aromatic carbocycles. The second-order valence-corrected chi connectivity index (χ2v) is 5.42. The number of hydrogen-bond acceptors (Lipinski definition) is 1. The van der Waals surface area contributed by atoms with Gasteiger partial charge in [0.2, 0.25) is 0 Å². The van der Waals surface area contributed by atoms with E-state index in [2.05, 4.69) is 51.1 Å². The molecule has 0 fully saturated rings. The summed E-state index contributed by atoms with van der Waals surface area (Å²) in [6, 6.07) is 19.2. The first-order valence-corrected chi connectivity index (χ1v) is 6.25. The van der Waals surface area contributed by atoms with Crippen LogP contribution in [0.2, 0.25) is 0 Å². The van der Waals surface area contributed by atoms with E-state index < -0.39 is 0 Å². The minimum Gasteiger partial charge on any atom is -0.488 e. The maximum absolute atomic E-state index is 5.77. The predicted octanol–water partition coefficient (Wildman–Crippen LogP) is 4.36. The highest BCUT2D eigenvalue weighted by atomic mass is 16.5. The van der Waals surface area contributed by atoms with Crippen LogP contribution in [0, 0.1) is 6.07 Å². The van der Waals surface area contributed by atoms with E-state index in [1.807, 2.05) is 24.3 Å². The highest BCUT2D eigenvalue weighted by Crippen LogP contribution is 2.26. The van der Waals surface area contributed by atoms with Gasteiger partial charge in [0.05, 0.1) is 0 Å². The highest BCUT2D eigenvalue weighted by molar-refractivity contribution is 5.33. The van der Waals surface area contributed by atoms with Gasteiger partial charge in [-0.25, -0.2) is 0 Å². The fourth-order valence-corrected chi connectivity index (χ4v) is 2.00. The van der Waals surface area contributed by atoms with Crippen LogP contribution in [0.5, 0.6) is 5.75 Å². The molecule has 0 atom stereocenters. The topological polar surface area (TPSA) is 9.23 Å². The summed E-state index contributed by atoms with van der Waals surface area (Å²) in [6.07, 6.45) is 0. The molecule has 93 valence electrons. The Labute approximate surface area is 109 Å². The van der Waals surface area contributed by atoms with Crippen LogP contribution in [0.4, 0.5) is 0 Å². The van der Waals surface area contributed by atoms with Crippen molar-refractivity contribution in [2.45, 2.75) is 32.8 Å². The van der Waals surface area contributed by atoms with Crippen molar-refractivity contribution < 1.29 is 4.74 Å². The van der Waals surface area contributed by atoms with Crippen molar-refractivity contribution in [3.63, 3.8) is 0 Å². The highest BCUT2D eigenvalue weighted by Gasteiger charge is 2.17. The number of rotatable bonds is 3. The fraction of sp³-hybridized carbons (Fsp3) is 0.294. The van der Waals surface area contributed by atoms with Gasteiger partial charge in [-0.05, 0) is 22.6 Å². The van der Waals surface area contributed by atoms with Crippen LogP contribution >= 0.6 is 0 Å². The monoisotopic (exact) mass is 239 g/mol. The molecule has 1 radical (unpaired) electrons. The number of hydrogen-bond donors (Lipinski definition) is 0. The molecular formula is C17H19O. The van der Waals surface area contributed by atoms with Crippen molar-refractivity contribution in [1.82, 2.24) is 0 Å². The van der Waals surface area contributed by atoms with Gasteiger partial charge in [-0.15, -0.1) is 0 Å². The molecular weight excluding hydrogens is 220 g/mol. The van der Waals surface area contributed by atoms with Crippen LogP contribution in [-0.2, 0) is 12.0 Å². The Morgan fingerprint density at radius 1 is 1.00 bits per heavy atom. The summed E-state index contributed by atoms with van der Waals surface area (Å²) < 4.78 is 5.77. The molecule has 2 aromatic rings. The van der Waals surface area contributed by atoms with Crippen LogP contribution in [-0.4, -0.2) is 0 Å². The third kappa shape index (κ3) is 3.13. The predicted molar refractivity (Wildman–Crippen MR) is 74.8 cm³/mol. The molecule has 0 aliphatic heterocycles. The van der Waals surface area contributed by atoms with E-state index in [1.54, 1.807) is 0 Å². The molecule has 0 amide bonds. The molecule has 18 heavy (non-hydrogen) atoms. The second kappa shape index (κ2) is 5.26. The fourth-order valence-electron chi connectivity index (χ4n) is 2.00. The van der Waals surface area contributed by atoms with Crippen LogP contribution in [0.15, 0.2) is 48.5 Å². The van der Waals surface area contributed by atoms with Crippen LogP contribution in [0.25, 0.3) is 0 Å². The average molecular weight is 239 g/mol. The van der Waals surface area contributed by atoms with Gasteiger partial charge in [0, 0.05) is 6.07 Å². The summed E-state index contributed by atoms with van der Waals surface area (Å²) in [6.45, 7) is 7.26. The van der Waals surface area contributed by atoms with E-state index in [-0.39, 0.29) is 5.41 Å². The number of para-hydroxylation sites is 1. The summed E-state index contributed by atoms with van der Waals surface area (Å²) in [5, 5.41) is 0. The normalized spacial score (nSPS) is 11.3. The Kier molecular flexibility index (Phi) is 3.71. The summed E-state index contributed by atoms with van der Waals surface area (Å²) in [5.74, 6) is 0.793. The first kappa shape index (κ1) is 12.7. The van der Waals surface area contributed by atoms with Gasteiger partial charge in [0.15, 0.2) is 0 Å². The van der Waals surface area contributed by atoms with Crippen LogP contribution in [0.1, 0.15) is 31.9 Å². The third-order valence-corrected chi connectivity index (χ3v) is 2.89. The van der Waals surface area contributed by atoms with Gasteiger partial charge in [0.1, 0.15) is 12.4 Å². The van der Waals surface area contributed by atoms with Crippen molar-refractivity contribution in [3.05, 3.63) is 65.7 Å². The lowest BCUT2D eigenvalue weighted by molar-refractivity contribution is 0.302. The van der Waals surface area contributed by atoms with Gasteiger partial charge < -0.3 is 4.74 Å². The minimum absolute atomic E-state index is 0.139. The lowest BCUT2D eigenvalue weighted by atomic mass is 9.84. The molecule has 0 heterocycles. The quantitative estimate of drug-likeness (QED) is 0.773. The van der Waals surface area contributed by atoms with Crippen LogP contribution < -0.4 is 4.74 Å². The summed E-state index contributed by atoms with van der Waals surface area (Å²) >= 11 is 0. The van der Waals surface area contributed by atoms with Crippen molar-refractivity contribution in [2.75, 3.05) is 0 Å².